The number of nitrogens with one attached hydrogen (secondary N) is 1. The Morgan fingerprint density at radius 1 is 1.46 bits per heavy atom. The number of carboxylic acid groups (broad SMARTS) is 1. The molecule has 1 aromatic carbocycles. The van der Waals surface area contributed by atoms with Crippen molar-refractivity contribution in [2.24, 2.45) is 0 Å². The van der Waals surface area contributed by atoms with Crippen LogP contribution in [0, 0.1) is 5.82 Å². The van der Waals surface area contributed by atoms with Gasteiger partial charge < -0.3 is 24.9 Å². The number of benzene rings is 1. The molecule has 0 aliphatic rings. The van der Waals surface area contributed by atoms with E-state index < -0.39 is 28.9 Å². The van der Waals surface area contributed by atoms with Crippen LogP contribution in [0.1, 0.15) is 0 Å². The van der Waals surface area contributed by atoms with Gasteiger partial charge in [-0.25, -0.2) is 14.2 Å². The lowest BCUT2D eigenvalue weighted by Crippen LogP contribution is -2.20. The highest BCUT2D eigenvalue weighted by Gasteiger charge is 2.21. The number of hydrogen-bond acceptors (Lipinski definition) is 6. The second-order valence-electron chi connectivity index (χ2n) is 4.71. The molecule has 0 saturated heterocycles. The molecular formula is C14H11FN4O5. The van der Waals surface area contributed by atoms with Crippen LogP contribution in [0.15, 0.2) is 35.8 Å². The lowest BCUT2D eigenvalue weighted by Gasteiger charge is -2.16. The zero-order valence-electron chi connectivity index (χ0n) is 12.2. The van der Waals surface area contributed by atoms with Crippen molar-refractivity contribution < 1.29 is 24.1 Å². The molecule has 0 radical (unpaired) electrons. The molecule has 3 rings (SSSR count). The number of phenolic OH excluding ortho intramolecular Hbond substituents is 1. The van der Waals surface area contributed by atoms with Gasteiger partial charge in [0.1, 0.15) is 11.2 Å². The maximum absolute atomic E-state index is 14.4. The molecule has 2 aromatic heterocycles. The topological polar surface area (TPSA) is 119 Å². The number of aromatic hydroxyl groups is 1. The number of pyridine rings is 1. The van der Waals surface area contributed by atoms with Crippen LogP contribution >= 0.6 is 0 Å². The standard InChI is InChI=1S/C14H11FN4O5/c1-16-19-5-9(24-14(22)23)12(20)7-4-8(15)11(13(21)10(7)19)18-3-2-17-6-18/h2-6,16,21H,1H3,(H,22,23). The summed E-state index contributed by atoms with van der Waals surface area (Å²) in [5.74, 6) is -1.93. The Balaban J connectivity index is 2.41. The fourth-order valence-corrected chi connectivity index (χ4v) is 2.39. The predicted molar refractivity (Wildman–Crippen MR) is 80.9 cm³/mol. The van der Waals surface area contributed by atoms with Gasteiger partial charge in [0.2, 0.25) is 11.2 Å². The molecular weight excluding hydrogens is 323 g/mol. The Morgan fingerprint density at radius 2 is 2.21 bits per heavy atom. The average Bonchev–Trinajstić information content (AvgIpc) is 3.04. The molecule has 0 bridgehead atoms. The third-order valence-corrected chi connectivity index (χ3v) is 3.36. The highest BCUT2D eigenvalue weighted by atomic mass is 19.1. The molecule has 3 aromatic rings. The minimum atomic E-state index is -1.69. The van der Waals surface area contributed by atoms with Crippen LogP contribution in [0.5, 0.6) is 11.5 Å². The quantitative estimate of drug-likeness (QED) is 0.617. The van der Waals surface area contributed by atoms with Crippen molar-refractivity contribution in [3.63, 3.8) is 0 Å². The molecule has 0 amide bonds. The monoisotopic (exact) mass is 334 g/mol. The first kappa shape index (κ1) is 15.3. The van der Waals surface area contributed by atoms with E-state index in [1.54, 1.807) is 0 Å². The molecule has 0 unspecified atom stereocenters. The number of nitrogens with zero attached hydrogens (tertiary/aromatic N) is 3. The average molecular weight is 334 g/mol. The first-order valence-electron chi connectivity index (χ1n) is 6.61. The number of imidazole rings is 1. The van der Waals surface area contributed by atoms with E-state index in [1.807, 2.05) is 0 Å². The van der Waals surface area contributed by atoms with Crippen molar-refractivity contribution in [2.45, 2.75) is 0 Å². The Labute approximate surface area is 133 Å². The summed E-state index contributed by atoms with van der Waals surface area (Å²) >= 11 is 0. The SMILES string of the molecule is CNn1cc(OC(=O)O)c(=O)c2cc(F)c(-n3ccnc3)c(O)c21. The van der Waals surface area contributed by atoms with Crippen molar-refractivity contribution in [3.8, 4) is 17.2 Å². The van der Waals surface area contributed by atoms with Gasteiger partial charge >= 0.3 is 6.16 Å². The third-order valence-electron chi connectivity index (χ3n) is 3.36. The number of rotatable bonds is 3. The van der Waals surface area contributed by atoms with E-state index >= 15 is 0 Å². The van der Waals surface area contributed by atoms with Crippen LogP contribution in [0.2, 0.25) is 0 Å². The Hall–Kier alpha value is -3.56. The van der Waals surface area contributed by atoms with E-state index in [4.69, 9.17) is 5.11 Å². The first-order valence-corrected chi connectivity index (χ1v) is 6.61. The minimum Gasteiger partial charge on any atom is -0.504 e. The lowest BCUT2D eigenvalue weighted by atomic mass is 10.1. The fraction of sp³-hybridized carbons (Fsp3) is 0.0714. The van der Waals surface area contributed by atoms with E-state index in [0.29, 0.717) is 0 Å². The molecule has 9 nitrogen and oxygen atoms in total. The number of hydrogen-bond donors (Lipinski definition) is 3. The molecule has 2 heterocycles. The van der Waals surface area contributed by atoms with Gasteiger partial charge in [0.05, 0.1) is 17.9 Å². The van der Waals surface area contributed by atoms with Gasteiger partial charge in [-0.05, 0) is 6.07 Å². The highest BCUT2D eigenvalue weighted by Crippen LogP contribution is 2.33. The van der Waals surface area contributed by atoms with E-state index in [9.17, 15) is 19.1 Å². The summed E-state index contributed by atoms with van der Waals surface area (Å²) < 4.78 is 21.2. The van der Waals surface area contributed by atoms with Gasteiger partial charge in [0, 0.05) is 19.4 Å². The predicted octanol–water partition coefficient (Wildman–Crippen LogP) is 1.26. The summed E-state index contributed by atoms with van der Waals surface area (Å²) in [4.78, 5) is 26.8. The third kappa shape index (κ3) is 2.29. The molecule has 0 fully saturated rings. The van der Waals surface area contributed by atoms with Gasteiger partial charge in [0.25, 0.3) is 0 Å². The van der Waals surface area contributed by atoms with E-state index in [2.05, 4.69) is 15.1 Å². The molecule has 0 atom stereocenters. The van der Waals surface area contributed by atoms with Crippen LogP contribution in [-0.2, 0) is 0 Å². The number of carbonyl (C=O) groups is 1. The zero-order chi connectivity index (χ0) is 17.4. The number of fused-ring (bicyclic) bond motifs is 1. The number of aromatic nitrogens is 3. The normalized spacial score (nSPS) is 10.8. The summed E-state index contributed by atoms with van der Waals surface area (Å²) in [6.45, 7) is 0. The summed E-state index contributed by atoms with van der Waals surface area (Å²) in [6, 6.07) is 0.898. The Kier molecular flexibility index (Phi) is 3.56. The smallest absolute Gasteiger partial charge is 0.504 e. The molecule has 0 aliphatic heterocycles. The fourth-order valence-electron chi connectivity index (χ4n) is 2.39. The summed E-state index contributed by atoms with van der Waals surface area (Å²) in [7, 11) is 1.47. The Bertz CT molecular complexity index is 997. The van der Waals surface area contributed by atoms with Crippen LogP contribution < -0.4 is 15.6 Å². The maximum atomic E-state index is 14.4. The van der Waals surface area contributed by atoms with Crippen molar-refractivity contribution in [1.82, 2.24) is 14.2 Å². The summed E-state index contributed by atoms with van der Waals surface area (Å²) in [5, 5.41) is 18.9. The molecule has 124 valence electrons. The maximum Gasteiger partial charge on any atom is 0.511 e. The van der Waals surface area contributed by atoms with Gasteiger partial charge in [0.15, 0.2) is 11.6 Å². The van der Waals surface area contributed by atoms with Crippen molar-refractivity contribution in [3.05, 3.63) is 47.0 Å². The van der Waals surface area contributed by atoms with Crippen LogP contribution in [0.3, 0.4) is 0 Å². The minimum absolute atomic E-state index is 0.0367. The number of halogens is 1. The van der Waals surface area contributed by atoms with Gasteiger partial charge in [-0.3, -0.25) is 9.47 Å². The molecule has 0 saturated carbocycles. The van der Waals surface area contributed by atoms with Crippen molar-refractivity contribution in [2.75, 3.05) is 12.5 Å². The van der Waals surface area contributed by atoms with Gasteiger partial charge in [-0.2, -0.15) is 0 Å². The molecule has 0 aliphatic carbocycles. The molecule has 3 N–H and O–H groups in total. The van der Waals surface area contributed by atoms with Crippen LogP contribution in [0.25, 0.3) is 16.6 Å². The van der Waals surface area contributed by atoms with E-state index in [1.165, 1.54) is 30.3 Å². The van der Waals surface area contributed by atoms with E-state index in [-0.39, 0.29) is 16.6 Å². The van der Waals surface area contributed by atoms with Crippen molar-refractivity contribution >= 4 is 17.1 Å². The largest absolute Gasteiger partial charge is 0.511 e. The molecule has 24 heavy (non-hydrogen) atoms. The summed E-state index contributed by atoms with van der Waals surface area (Å²) in [6.07, 6.45) is 3.47. The lowest BCUT2D eigenvalue weighted by molar-refractivity contribution is 0.144. The van der Waals surface area contributed by atoms with Crippen LogP contribution in [-0.4, -0.2) is 37.6 Å². The number of ether oxygens (including phenoxy) is 1. The Morgan fingerprint density at radius 3 is 2.79 bits per heavy atom. The summed E-state index contributed by atoms with van der Waals surface area (Å²) in [5.41, 5.74) is 1.54. The van der Waals surface area contributed by atoms with Crippen LogP contribution in [0.4, 0.5) is 9.18 Å². The van der Waals surface area contributed by atoms with Gasteiger partial charge in [-0.15, -0.1) is 0 Å². The molecule has 10 heteroatoms. The highest BCUT2D eigenvalue weighted by molar-refractivity contribution is 5.90. The molecule has 0 spiro atoms. The first-order chi connectivity index (χ1) is 11.4. The second kappa shape index (κ2) is 5.57. The zero-order valence-corrected chi connectivity index (χ0v) is 12.2. The second-order valence-corrected chi connectivity index (χ2v) is 4.71. The van der Waals surface area contributed by atoms with Crippen molar-refractivity contribution in [1.29, 1.82) is 0 Å². The van der Waals surface area contributed by atoms with Gasteiger partial charge in [-0.1, -0.05) is 0 Å². The number of phenols is 1. The van der Waals surface area contributed by atoms with E-state index in [0.717, 1.165) is 16.9 Å².